The summed E-state index contributed by atoms with van der Waals surface area (Å²) in [5.74, 6) is 1.43. The van der Waals surface area contributed by atoms with Gasteiger partial charge in [0.15, 0.2) is 0 Å². The van der Waals surface area contributed by atoms with Gasteiger partial charge < -0.3 is 10.2 Å². The highest BCUT2D eigenvalue weighted by molar-refractivity contribution is 6.33. The van der Waals surface area contributed by atoms with Crippen LogP contribution in [0.1, 0.15) is 36.5 Å². The number of amides is 1. The van der Waals surface area contributed by atoms with E-state index in [9.17, 15) is 4.79 Å². The van der Waals surface area contributed by atoms with Crippen LogP contribution in [0.2, 0.25) is 5.02 Å². The van der Waals surface area contributed by atoms with Gasteiger partial charge in [-0.1, -0.05) is 24.9 Å². The second kappa shape index (κ2) is 6.24. The number of piperidine rings is 1. The molecule has 104 valence electrons. The third kappa shape index (κ3) is 3.18. The molecule has 1 fully saturated rings. The van der Waals surface area contributed by atoms with Crippen LogP contribution in [-0.4, -0.2) is 35.9 Å². The van der Waals surface area contributed by atoms with Crippen molar-refractivity contribution in [2.45, 2.75) is 26.2 Å². The molecule has 0 aliphatic carbocycles. The summed E-state index contributed by atoms with van der Waals surface area (Å²) >= 11 is 6.09. The highest BCUT2D eigenvalue weighted by atomic mass is 35.5. The number of hydrogen-bond acceptors (Lipinski definition) is 3. The van der Waals surface area contributed by atoms with Crippen LogP contribution in [0, 0.1) is 5.92 Å². The van der Waals surface area contributed by atoms with E-state index >= 15 is 0 Å². The standard InChI is InChI=1S/C14H20ClN3O/c1-3-10-4-6-18(7-5-10)14(19)11-8-13(16-2)17-9-12(11)15/h8-10H,3-7H2,1-2H3,(H,16,17). The first-order chi connectivity index (χ1) is 9.15. The number of carbonyl (C=O) groups excluding carboxylic acids is 1. The van der Waals surface area contributed by atoms with E-state index in [-0.39, 0.29) is 5.91 Å². The first-order valence-electron chi connectivity index (χ1n) is 6.78. The normalized spacial score (nSPS) is 16.5. The van der Waals surface area contributed by atoms with Gasteiger partial charge in [0.05, 0.1) is 10.6 Å². The summed E-state index contributed by atoms with van der Waals surface area (Å²) in [5.41, 5.74) is 0.538. The fourth-order valence-corrected chi connectivity index (χ4v) is 2.64. The lowest BCUT2D eigenvalue weighted by molar-refractivity contribution is 0.0689. The number of aromatic nitrogens is 1. The summed E-state index contributed by atoms with van der Waals surface area (Å²) in [6.07, 6.45) is 4.90. The van der Waals surface area contributed by atoms with E-state index in [0.29, 0.717) is 16.4 Å². The van der Waals surface area contributed by atoms with Gasteiger partial charge in [0.25, 0.3) is 5.91 Å². The number of hydrogen-bond donors (Lipinski definition) is 1. The van der Waals surface area contributed by atoms with Crippen LogP contribution in [0.25, 0.3) is 0 Å². The summed E-state index contributed by atoms with van der Waals surface area (Å²) in [6.45, 7) is 3.86. The number of halogens is 1. The number of nitrogens with zero attached hydrogens (tertiary/aromatic N) is 2. The Bertz CT molecular complexity index is 456. The van der Waals surface area contributed by atoms with Gasteiger partial charge in [-0.3, -0.25) is 4.79 Å². The van der Waals surface area contributed by atoms with Crippen molar-refractivity contribution in [2.24, 2.45) is 5.92 Å². The lowest BCUT2D eigenvalue weighted by Crippen LogP contribution is -2.38. The fourth-order valence-electron chi connectivity index (χ4n) is 2.45. The van der Waals surface area contributed by atoms with Gasteiger partial charge in [-0.2, -0.15) is 0 Å². The minimum absolute atomic E-state index is 0.0125. The Morgan fingerprint density at radius 2 is 2.21 bits per heavy atom. The Kier molecular flexibility index (Phi) is 4.64. The number of nitrogens with one attached hydrogen (secondary N) is 1. The van der Waals surface area contributed by atoms with Crippen molar-refractivity contribution in [1.82, 2.24) is 9.88 Å². The van der Waals surface area contributed by atoms with Crippen molar-refractivity contribution in [1.29, 1.82) is 0 Å². The van der Waals surface area contributed by atoms with Gasteiger partial charge in [-0.05, 0) is 24.8 Å². The van der Waals surface area contributed by atoms with Crippen LogP contribution in [0.3, 0.4) is 0 Å². The maximum atomic E-state index is 12.5. The van der Waals surface area contributed by atoms with E-state index < -0.39 is 0 Å². The van der Waals surface area contributed by atoms with Crippen LogP contribution in [0.5, 0.6) is 0 Å². The van der Waals surface area contributed by atoms with Crippen LogP contribution >= 0.6 is 11.6 Å². The van der Waals surface area contributed by atoms with Gasteiger partial charge in [0, 0.05) is 26.3 Å². The molecule has 1 aromatic heterocycles. The van der Waals surface area contributed by atoms with Crippen LogP contribution in [0.15, 0.2) is 12.3 Å². The van der Waals surface area contributed by atoms with Gasteiger partial charge in [-0.25, -0.2) is 4.98 Å². The molecule has 0 spiro atoms. The van der Waals surface area contributed by atoms with Gasteiger partial charge in [-0.15, -0.1) is 0 Å². The first-order valence-corrected chi connectivity index (χ1v) is 7.16. The molecule has 1 saturated heterocycles. The molecule has 2 rings (SSSR count). The molecule has 2 heterocycles. The van der Waals surface area contributed by atoms with E-state index in [1.165, 1.54) is 12.6 Å². The molecule has 1 N–H and O–H groups in total. The Balaban J connectivity index is 2.11. The van der Waals surface area contributed by atoms with Crippen LogP contribution in [-0.2, 0) is 0 Å². The third-order valence-electron chi connectivity index (χ3n) is 3.82. The number of likely N-dealkylation sites (tertiary alicyclic amines) is 1. The number of carbonyl (C=O) groups is 1. The van der Waals surface area contributed by atoms with E-state index in [4.69, 9.17) is 11.6 Å². The molecule has 4 nitrogen and oxygen atoms in total. The highest BCUT2D eigenvalue weighted by Crippen LogP contribution is 2.24. The van der Waals surface area contributed by atoms with Gasteiger partial charge in [0.1, 0.15) is 5.82 Å². The number of anilines is 1. The second-order valence-electron chi connectivity index (χ2n) is 4.94. The molecule has 1 aliphatic heterocycles. The molecule has 1 aliphatic rings. The van der Waals surface area contributed by atoms with E-state index in [1.807, 2.05) is 4.90 Å². The molecule has 1 amide bonds. The lowest BCUT2D eigenvalue weighted by atomic mass is 9.94. The Hall–Kier alpha value is -1.29. The molecule has 0 radical (unpaired) electrons. The van der Waals surface area contributed by atoms with Gasteiger partial charge in [0.2, 0.25) is 0 Å². The summed E-state index contributed by atoms with van der Waals surface area (Å²) in [5, 5.41) is 3.35. The zero-order chi connectivity index (χ0) is 13.8. The predicted octanol–water partition coefficient (Wildman–Crippen LogP) is 3.04. The molecule has 5 heteroatoms. The third-order valence-corrected chi connectivity index (χ3v) is 4.12. The quantitative estimate of drug-likeness (QED) is 0.926. The average Bonchev–Trinajstić information content (AvgIpc) is 2.47. The van der Waals surface area contributed by atoms with Crippen LogP contribution < -0.4 is 5.32 Å². The minimum Gasteiger partial charge on any atom is -0.373 e. The SMILES string of the molecule is CCC1CCN(C(=O)c2cc(NC)ncc2Cl)CC1. The number of rotatable bonds is 3. The average molecular weight is 282 g/mol. The van der Waals surface area contributed by atoms with Crippen molar-refractivity contribution >= 4 is 23.3 Å². The molecule has 0 atom stereocenters. The first kappa shape index (κ1) is 14.1. The van der Waals surface area contributed by atoms with Crippen molar-refractivity contribution < 1.29 is 4.79 Å². The van der Waals surface area contributed by atoms with E-state index in [2.05, 4.69) is 17.2 Å². The summed E-state index contributed by atoms with van der Waals surface area (Å²) < 4.78 is 0. The maximum absolute atomic E-state index is 12.5. The summed E-state index contributed by atoms with van der Waals surface area (Å²) in [6, 6.07) is 1.72. The summed E-state index contributed by atoms with van der Waals surface area (Å²) in [7, 11) is 1.78. The fraction of sp³-hybridized carbons (Fsp3) is 0.571. The Labute approximate surface area is 119 Å². The van der Waals surface area contributed by atoms with Crippen molar-refractivity contribution in [3.05, 3.63) is 22.8 Å². The zero-order valence-corrected chi connectivity index (χ0v) is 12.2. The van der Waals surface area contributed by atoms with Gasteiger partial charge >= 0.3 is 0 Å². The van der Waals surface area contributed by atoms with E-state index in [1.54, 1.807) is 13.1 Å². The minimum atomic E-state index is 0.0125. The predicted molar refractivity (Wildman–Crippen MR) is 77.7 cm³/mol. The molecule has 19 heavy (non-hydrogen) atoms. The molecule has 0 aromatic carbocycles. The zero-order valence-electron chi connectivity index (χ0n) is 11.4. The second-order valence-corrected chi connectivity index (χ2v) is 5.35. The number of pyridine rings is 1. The summed E-state index contributed by atoms with van der Waals surface area (Å²) in [4.78, 5) is 18.5. The van der Waals surface area contributed by atoms with Crippen molar-refractivity contribution in [3.63, 3.8) is 0 Å². The molecular weight excluding hydrogens is 262 g/mol. The lowest BCUT2D eigenvalue weighted by Gasteiger charge is -2.31. The Morgan fingerprint density at radius 3 is 2.79 bits per heavy atom. The molecule has 0 bridgehead atoms. The molecule has 0 saturated carbocycles. The van der Waals surface area contributed by atoms with Crippen molar-refractivity contribution in [2.75, 3.05) is 25.5 Å². The largest absolute Gasteiger partial charge is 0.373 e. The smallest absolute Gasteiger partial charge is 0.255 e. The maximum Gasteiger partial charge on any atom is 0.255 e. The van der Waals surface area contributed by atoms with Crippen LogP contribution in [0.4, 0.5) is 5.82 Å². The highest BCUT2D eigenvalue weighted by Gasteiger charge is 2.24. The molecule has 1 aromatic rings. The van der Waals surface area contributed by atoms with E-state index in [0.717, 1.165) is 31.8 Å². The Morgan fingerprint density at radius 1 is 1.53 bits per heavy atom. The molecular formula is C14H20ClN3O. The monoisotopic (exact) mass is 281 g/mol. The molecule has 0 unspecified atom stereocenters. The topological polar surface area (TPSA) is 45.2 Å². The van der Waals surface area contributed by atoms with Crippen molar-refractivity contribution in [3.8, 4) is 0 Å².